The van der Waals surface area contributed by atoms with E-state index in [1.54, 1.807) is 55.3 Å². The van der Waals surface area contributed by atoms with Crippen molar-refractivity contribution in [2.45, 2.75) is 104 Å². The second kappa shape index (κ2) is 18.8. The van der Waals surface area contributed by atoms with Crippen LogP contribution in [0.5, 0.6) is 0 Å². The minimum Gasteiger partial charge on any atom is -0.328 e. The number of aryl methyl sites for hydroxylation is 5. The number of alkyl halides is 1. The lowest BCUT2D eigenvalue weighted by Gasteiger charge is -2.59. The summed E-state index contributed by atoms with van der Waals surface area (Å²) in [6, 6.07) is 0. The molecule has 9 atom stereocenters. The molecule has 0 aromatic carbocycles. The topological polar surface area (TPSA) is 115 Å². The summed E-state index contributed by atoms with van der Waals surface area (Å²) in [5.41, 5.74) is 2.25. The molecule has 14 heteroatoms. The monoisotopic (exact) mass is 1060 g/mol. The SMILES string of the molecule is CC1C2C(C(C(C)(C)C)C(C)C1C(C)(C)C)C(C(C)(C)C)C(C)C2C(C)(C)C.CI.Cn1c(=O)c2c(n(C)c1=O)[n+](C)cn2C.Cn1c(=O)c2c(ncn2C)n(C)c1=O.I. The van der Waals surface area contributed by atoms with Gasteiger partial charge >= 0.3 is 16.9 Å². The summed E-state index contributed by atoms with van der Waals surface area (Å²) in [7, 11) is 11.5. The van der Waals surface area contributed by atoms with Crippen molar-refractivity contribution >= 4 is 68.9 Å². The van der Waals surface area contributed by atoms with Crippen molar-refractivity contribution in [1.82, 2.24) is 32.4 Å². The standard InChI is InChI=1S/C28H54.C9H13N4O2.C8H10N4O2.CH3I.HI/c1-16-19-20(23(27(10,11)12)17(2)21(16)25(4,5)6)24(28(13,14)15)18(3)22(19)26(7,8)9;1-10-5-11(2)7-6(10)8(14)13(4)9(15)12(7)3;1-10-4-9-6-5(10)7(13)12(3)8(14)11(6)2;1-2;/h16-24H,1-15H3;5H,1-4H3;4H,1-3H3;1H3;1H/q;+1;;;. The van der Waals surface area contributed by atoms with Crippen LogP contribution in [0.1, 0.15) is 104 Å². The van der Waals surface area contributed by atoms with Crippen LogP contribution >= 0.6 is 46.6 Å². The lowest BCUT2D eigenvalue weighted by atomic mass is 9.45. The number of fused-ring (bicyclic) bond motifs is 3. The molecule has 4 aromatic heterocycles. The second-order valence-corrected chi connectivity index (χ2v) is 22.2. The van der Waals surface area contributed by atoms with E-state index in [-0.39, 0.29) is 46.5 Å². The van der Waals surface area contributed by atoms with Gasteiger partial charge in [0.25, 0.3) is 11.2 Å². The van der Waals surface area contributed by atoms with E-state index in [4.69, 9.17) is 0 Å². The van der Waals surface area contributed by atoms with Gasteiger partial charge in [-0.25, -0.2) is 28.3 Å². The molecule has 2 saturated carbocycles. The first-order valence-electron chi connectivity index (χ1n) is 21.3. The molecule has 4 heterocycles. The molecule has 2 fully saturated rings. The average Bonchev–Trinajstić information content (AvgIpc) is 3.74. The fourth-order valence-electron chi connectivity index (χ4n) is 12.9. The van der Waals surface area contributed by atoms with Crippen LogP contribution in [0.25, 0.3) is 22.3 Å². The van der Waals surface area contributed by atoms with Crippen LogP contribution in [0, 0.1) is 74.9 Å². The molecule has 0 amide bonds. The van der Waals surface area contributed by atoms with Gasteiger partial charge in [-0.1, -0.05) is 126 Å². The number of imidazole rings is 2. The Labute approximate surface area is 390 Å². The van der Waals surface area contributed by atoms with Crippen LogP contribution in [0.3, 0.4) is 0 Å². The molecule has 6 rings (SSSR count). The number of rotatable bonds is 0. The van der Waals surface area contributed by atoms with Crippen LogP contribution in [-0.2, 0) is 49.3 Å². The Morgan fingerprint density at radius 1 is 0.533 bits per heavy atom. The van der Waals surface area contributed by atoms with Gasteiger partial charge in [-0.2, -0.15) is 0 Å². The lowest BCUT2D eigenvalue weighted by molar-refractivity contribution is -0.648. The van der Waals surface area contributed by atoms with E-state index in [1.165, 1.54) is 29.6 Å². The van der Waals surface area contributed by atoms with E-state index in [1.807, 2.05) is 4.93 Å². The fraction of sp³-hybridized carbons (Fsp3) is 0.783. The van der Waals surface area contributed by atoms with Crippen LogP contribution in [0.4, 0.5) is 0 Å². The summed E-state index contributed by atoms with van der Waals surface area (Å²) in [6.07, 6.45) is 3.29. The molecule has 60 heavy (non-hydrogen) atoms. The zero-order valence-electron chi connectivity index (χ0n) is 41.3. The van der Waals surface area contributed by atoms with Crippen molar-refractivity contribution in [3.63, 3.8) is 0 Å². The molecule has 0 spiro atoms. The highest BCUT2D eigenvalue weighted by Crippen LogP contribution is 2.70. The van der Waals surface area contributed by atoms with Gasteiger partial charge in [0.15, 0.2) is 17.5 Å². The van der Waals surface area contributed by atoms with E-state index < -0.39 is 0 Å². The minimum absolute atomic E-state index is 0. The van der Waals surface area contributed by atoms with Gasteiger partial charge in [0.2, 0.25) is 5.52 Å². The molecule has 0 radical (unpaired) electrons. The van der Waals surface area contributed by atoms with Gasteiger partial charge in [-0.05, 0) is 79.9 Å². The molecule has 4 aromatic rings. The van der Waals surface area contributed by atoms with Gasteiger partial charge in [-0.15, -0.1) is 24.0 Å². The number of hydrogen-bond donors (Lipinski definition) is 0. The highest BCUT2D eigenvalue weighted by Gasteiger charge is 2.65. The molecule has 12 nitrogen and oxygen atoms in total. The maximum absolute atomic E-state index is 11.9. The lowest BCUT2D eigenvalue weighted by Crippen LogP contribution is -2.54. The van der Waals surface area contributed by atoms with Crippen molar-refractivity contribution in [1.29, 1.82) is 0 Å². The van der Waals surface area contributed by atoms with Crippen molar-refractivity contribution in [2.75, 3.05) is 4.93 Å². The molecular formula is C46H81I2N8O4+. The smallest absolute Gasteiger partial charge is 0.328 e. The fourth-order valence-corrected chi connectivity index (χ4v) is 12.9. The molecule has 0 saturated heterocycles. The van der Waals surface area contributed by atoms with E-state index in [0.29, 0.717) is 44.0 Å². The predicted octanol–water partition coefficient (Wildman–Crippen LogP) is 7.84. The molecule has 0 bridgehead atoms. The van der Waals surface area contributed by atoms with Gasteiger partial charge < -0.3 is 4.57 Å². The Morgan fingerprint density at radius 3 is 1.32 bits per heavy atom. The van der Waals surface area contributed by atoms with Crippen LogP contribution < -0.4 is 27.1 Å². The number of halogens is 2. The predicted molar refractivity (Wildman–Crippen MR) is 267 cm³/mol. The van der Waals surface area contributed by atoms with Gasteiger partial charge in [0.05, 0.1) is 27.5 Å². The summed E-state index contributed by atoms with van der Waals surface area (Å²) in [5, 5.41) is 0. The van der Waals surface area contributed by atoms with E-state index in [9.17, 15) is 19.2 Å². The largest absolute Gasteiger partial charge is 0.388 e. The number of hydrogen-bond acceptors (Lipinski definition) is 5. The summed E-state index contributed by atoms with van der Waals surface area (Å²) in [6.45, 7) is 38.2. The second-order valence-electron chi connectivity index (χ2n) is 22.2. The Morgan fingerprint density at radius 2 is 0.900 bits per heavy atom. The summed E-state index contributed by atoms with van der Waals surface area (Å²) in [5.74, 6) is 7.32. The van der Waals surface area contributed by atoms with Crippen molar-refractivity contribution in [3.05, 3.63) is 54.3 Å². The van der Waals surface area contributed by atoms with Gasteiger partial charge in [-0.3, -0.25) is 23.3 Å². The molecule has 342 valence electrons. The Hall–Kier alpha value is -2.24. The third-order valence-electron chi connectivity index (χ3n) is 14.1. The third kappa shape index (κ3) is 9.78. The Kier molecular flexibility index (Phi) is 16.9. The van der Waals surface area contributed by atoms with E-state index in [0.717, 1.165) is 62.4 Å². The normalized spacial score (nSPS) is 25.6. The molecule has 2 aliphatic carbocycles. The van der Waals surface area contributed by atoms with Crippen LogP contribution in [0.15, 0.2) is 31.8 Å². The van der Waals surface area contributed by atoms with Crippen LogP contribution in [-0.4, -0.2) is 37.3 Å². The quantitative estimate of drug-likeness (QED) is 0.101. The highest BCUT2D eigenvalue weighted by atomic mass is 127. The summed E-state index contributed by atoms with van der Waals surface area (Å²) < 4.78 is 10.1. The van der Waals surface area contributed by atoms with E-state index in [2.05, 4.69) is 131 Å². The zero-order chi connectivity index (χ0) is 46.0. The van der Waals surface area contributed by atoms with Crippen molar-refractivity contribution < 1.29 is 4.57 Å². The number of aromatic nitrogens is 8. The maximum atomic E-state index is 11.9. The first-order chi connectivity index (χ1) is 26.7. The highest BCUT2D eigenvalue weighted by molar-refractivity contribution is 14.1. The van der Waals surface area contributed by atoms with Crippen LogP contribution in [0.2, 0.25) is 0 Å². The van der Waals surface area contributed by atoms with Gasteiger partial charge in [0.1, 0.15) is 0 Å². The first kappa shape index (κ1) is 53.9. The Balaban J connectivity index is 0.000000326. The third-order valence-corrected chi connectivity index (χ3v) is 14.1. The number of nitrogens with zero attached hydrogens (tertiary/aromatic N) is 8. The average molecular weight is 1060 g/mol. The maximum Gasteiger partial charge on any atom is 0.388 e. The van der Waals surface area contributed by atoms with Gasteiger partial charge in [0, 0.05) is 28.2 Å². The zero-order valence-corrected chi connectivity index (χ0v) is 45.8. The van der Waals surface area contributed by atoms with Crippen molar-refractivity contribution in [3.8, 4) is 0 Å². The molecule has 0 aliphatic heterocycles. The molecular weight excluding hydrogens is 982 g/mol. The molecule has 9 unspecified atom stereocenters. The first-order valence-corrected chi connectivity index (χ1v) is 23.4. The van der Waals surface area contributed by atoms with Crippen molar-refractivity contribution in [2.24, 2.45) is 124 Å². The minimum atomic E-state index is -0.360. The molecule has 2 aliphatic rings. The molecule has 0 N–H and O–H groups in total. The Bertz CT molecular complexity index is 2370. The summed E-state index contributed by atoms with van der Waals surface area (Å²) >= 11 is 2.15. The summed E-state index contributed by atoms with van der Waals surface area (Å²) in [4.78, 5) is 52.6. The van der Waals surface area contributed by atoms with E-state index >= 15 is 0 Å².